The van der Waals surface area contributed by atoms with Crippen LogP contribution in [0.1, 0.15) is 27.9 Å². The lowest BCUT2D eigenvalue weighted by atomic mass is 10.1. The van der Waals surface area contributed by atoms with E-state index in [9.17, 15) is 4.79 Å². The van der Waals surface area contributed by atoms with Crippen molar-refractivity contribution in [1.82, 2.24) is 34.4 Å². The summed E-state index contributed by atoms with van der Waals surface area (Å²) in [6.07, 6.45) is 7.07. The summed E-state index contributed by atoms with van der Waals surface area (Å²) in [7, 11) is 1.94. The number of fused-ring (bicyclic) bond motifs is 1. The highest BCUT2D eigenvalue weighted by Gasteiger charge is 2.32. The summed E-state index contributed by atoms with van der Waals surface area (Å²) >= 11 is 0. The third-order valence-corrected chi connectivity index (χ3v) is 4.40. The molecule has 9 heteroatoms. The molecule has 4 rings (SSSR count). The maximum absolute atomic E-state index is 13.2. The van der Waals surface area contributed by atoms with Crippen LogP contribution in [0.4, 0.5) is 0 Å². The molecule has 1 aliphatic heterocycles. The first kappa shape index (κ1) is 17.4. The smallest absolute Gasteiger partial charge is 0.260 e. The van der Waals surface area contributed by atoms with Crippen LogP contribution in [0.25, 0.3) is 5.65 Å². The van der Waals surface area contributed by atoms with Gasteiger partial charge in [0.05, 0.1) is 6.20 Å². The molecule has 0 spiro atoms. The summed E-state index contributed by atoms with van der Waals surface area (Å²) in [5.41, 5.74) is 1.98. The number of amides is 1. The molecule has 0 bridgehead atoms. The average Bonchev–Trinajstić information content (AvgIpc) is 3.20. The Morgan fingerprint density at radius 3 is 2.96 bits per heavy atom. The summed E-state index contributed by atoms with van der Waals surface area (Å²) in [5.74, 6) is 0.814. The van der Waals surface area contributed by atoms with Gasteiger partial charge in [-0.15, -0.1) is 12.4 Å². The zero-order valence-corrected chi connectivity index (χ0v) is 14.9. The molecule has 1 fully saturated rings. The van der Waals surface area contributed by atoms with E-state index in [0.717, 1.165) is 18.1 Å². The van der Waals surface area contributed by atoms with Gasteiger partial charge in [-0.05, 0) is 13.0 Å². The number of nitrogens with one attached hydrogen (secondary N) is 1. The van der Waals surface area contributed by atoms with Crippen LogP contribution in [-0.2, 0) is 7.05 Å². The van der Waals surface area contributed by atoms with Crippen molar-refractivity contribution in [3.63, 3.8) is 0 Å². The van der Waals surface area contributed by atoms with E-state index in [1.807, 2.05) is 41.9 Å². The highest BCUT2D eigenvalue weighted by atomic mass is 35.5. The van der Waals surface area contributed by atoms with Crippen molar-refractivity contribution in [2.24, 2.45) is 7.05 Å². The molecule has 0 aliphatic carbocycles. The van der Waals surface area contributed by atoms with Crippen molar-refractivity contribution in [3.05, 3.63) is 47.9 Å². The number of halogens is 1. The minimum Gasteiger partial charge on any atom is -0.336 e. The Morgan fingerprint density at radius 1 is 1.36 bits per heavy atom. The number of hydrogen-bond donors (Lipinski definition) is 1. The second kappa shape index (κ2) is 6.81. The third-order valence-electron chi connectivity index (χ3n) is 4.40. The van der Waals surface area contributed by atoms with E-state index in [4.69, 9.17) is 0 Å². The fourth-order valence-corrected chi connectivity index (χ4v) is 3.14. The Morgan fingerprint density at radius 2 is 2.20 bits per heavy atom. The Bertz CT molecular complexity index is 903. The molecule has 1 N–H and O–H groups in total. The number of aryl methyl sites for hydroxylation is 2. The number of carbonyl (C=O) groups excluding carboxylic acids is 1. The summed E-state index contributed by atoms with van der Waals surface area (Å²) in [5, 5.41) is 7.59. The maximum atomic E-state index is 13.2. The highest BCUT2D eigenvalue weighted by Crippen LogP contribution is 2.23. The van der Waals surface area contributed by atoms with Gasteiger partial charge in [-0.25, -0.2) is 14.5 Å². The van der Waals surface area contributed by atoms with Crippen molar-refractivity contribution >= 4 is 24.0 Å². The highest BCUT2D eigenvalue weighted by molar-refractivity contribution is 5.99. The first-order valence-electron chi connectivity index (χ1n) is 7.95. The fourth-order valence-electron chi connectivity index (χ4n) is 3.14. The van der Waals surface area contributed by atoms with Gasteiger partial charge in [0.1, 0.15) is 17.4 Å². The van der Waals surface area contributed by atoms with Gasteiger partial charge in [0.25, 0.3) is 5.91 Å². The first-order valence-corrected chi connectivity index (χ1v) is 7.95. The number of nitrogens with zero attached hydrogens (tertiary/aromatic N) is 6. The van der Waals surface area contributed by atoms with Crippen LogP contribution >= 0.6 is 12.4 Å². The van der Waals surface area contributed by atoms with Gasteiger partial charge >= 0.3 is 0 Å². The molecule has 1 saturated heterocycles. The minimum absolute atomic E-state index is 0. The summed E-state index contributed by atoms with van der Waals surface area (Å²) in [4.78, 5) is 23.9. The molecule has 0 saturated carbocycles. The molecule has 1 aliphatic rings. The Labute approximate surface area is 151 Å². The van der Waals surface area contributed by atoms with Gasteiger partial charge in [-0.3, -0.25) is 4.79 Å². The normalized spacial score (nSPS) is 17.5. The van der Waals surface area contributed by atoms with E-state index in [-0.39, 0.29) is 24.4 Å². The van der Waals surface area contributed by atoms with Gasteiger partial charge in [-0.1, -0.05) is 0 Å². The van der Waals surface area contributed by atoms with Gasteiger partial charge in [0.2, 0.25) is 0 Å². The first-order chi connectivity index (χ1) is 11.6. The van der Waals surface area contributed by atoms with Crippen molar-refractivity contribution in [2.45, 2.75) is 13.0 Å². The molecular weight excluding hydrogens is 342 g/mol. The van der Waals surface area contributed by atoms with Crippen LogP contribution < -0.4 is 5.32 Å². The van der Waals surface area contributed by atoms with Crippen molar-refractivity contribution < 1.29 is 4.79 Å². The quantitative estimate of drug-likeness (QED) is 0.736. The molecular formula is C16H20ClN7O. The zero-order chi connectivity index (χ0) is 16.7. The predicted octanol–water partition coefficient (Wildman–Crippen LogP) is 0.980. The summed E-state index contributed by atoms with van der Waals surface area (Å²) < 4.78 is 3.59. The number of carbonyl (C=O) groups is 1. The maximum Gasteiger partial charge on any atom is 0.260 e. The van der Waals surface area contributed by atoms with Crippen molar-refractivity contribution in [3.8, 4) is 0 Å². The number of rotatable bonds is 2. The van der Waals surface area contributed by atoms with Gasteiger partial charge in [0, 0.05) is 51.0 Å². The third kappa shape index (κ3) is 2.98. The predicted molar refractivity (Wildman–Crippen MR) is 94.8 cm³/mol. The number of hydrogen-bond acceptors (Lipinski definition) is 5. The minimum atomic E-state index is -0.106. The van der Waals surface area contributed by atoms with E-state index in [2.05, 4.69) is 20.4 Å². The van der Waals surface area contributed by atoms with Crippen LogP contribution in [-0.4, -0.2) is 54.6 Å². The molecule has 0 radical (unpaired) electrons. The Balaban J connectivity index is 0.00000182. The molecule has 1 unspecified atom stereocenters. The lowest BCUT2D eigenvalue weighted by molar-refractivity contribution is 0.0622. The van der Waals surface area contributed by atoms with Crippen molar-refractivity contribution in [1.29, 1.82) is 0 Å². The average molecular weight is 362 g/mol. The standard InChI is InChI=1S/C16H19N7O.ClH/c1-11-3-6-23-14(20-11)12(9-19-23)16(24)22-8-4-17-10-13(22)15-18-5-7-21(15)2;/h3,5-7,9,13,17H,4,8,10H2,1-2H3;1H. The van der Waals surface area contributed by atoms with E-state index in [1.165, 1.54) is 0 Å². The lowest BCUT2D eigenvalue weighted by Gasteiger charge is -2.35. The second-order valence-electron chi connectivity index (χ2n) is 6.01. The molecule has 3 aromatic rings. The van der Waals surface area contributed by atoms with Crippen molar-refractivity contribution in [2.75, 3.05) is 19.6 Å². The second-order valence-corrected chi connectivity index (χ2v) is 6.01. The summed E-state index contributed by atoms with van der Waals surface area (Å²) in [6, 6.07) is 1.77. The molecule has 0 aromatic carbocycles. The lowest BCUT2D eigenvalue weighted by Crippen LogP contribution is -2.49. The van der Waals surface area contributed by atoms with Crippen LogP contribution in [0, 0.1) is 6.92 Å². The van der Waals surface area contributed by atoms with Crippen LogP contribution in [0.3, 0.4) is 0 Å². The van der Waals surface area contributed by atoms with Gasteiger partial charge < -0.3 is 14.8 Å². The fraction of sp³-hybridized carbons (Fsp3) is 0.375. The van der Waals surface area contributed by atoms with E-state index < -0.39 is 0 Å². The van der Waals surface area contributed by atoms with Crippen LogP contribution in [0.15, 0.2) is 30.9 Å². The zero-order valence-electron chi connectivity index (χ0n) is 14.1. The van der Waals surface area contributed by atoms with E-state index >= 15 is 0 Å². The van der Waals surface area contributed by atoms with E-state index in [0.29, 0.717) is 24.3 Å². The van der Waals surface area contributed by atoms with Crippen LogP contribution in [0.2, 0.25) is 0 Å². The Kier molecular flexibility index (Phi) is 4.73. The van der Waals surface area contributed by atoms with E-state index in [1.54, 1.807) is 16.9 Å². The van der Waals surface area contributed by atoms with Gasteiger partial charge in [-0.2, -0.15) is 5.10 Å². The monoisotopic (exact) mass is 361 g/mol. The molecule has 1 atom stereocenters. The molecule has 132 valence electrons. The largest absolute Gasteiger partial charge is 0.336 e. The Hall–Kier alpha value is -2.45. The summed E-state index contributed by atoms with van der Waals surface area (Å²) in [6.45, 7) is 3.98. The SMILES string of the molecule is Cc1ccn2ncc(C(=O)N3CCNCC3c3nccn3C)c2n1.Cl. The van der Waals surface area contributed by atoms with Crippen LogP contribution in [0.5, 0.6) is 0 Å². The number of piperazine rings is 1. The molecule has 8 nitrogen and oxygen atoms in total. The molecule has 4 heterocycles. The topological polar surface area (TPSA) is 80.4 Å². The molecule has 1 amide bonds. The number of aromatic nitrogens is 5. The number of imidazole rings is 1. The van der Waals surface area contributed by atoms with Gasteiger partial charge in [0.15, 0.2) is 5.65 Å². The molecule has 25 heavy (non-hydrogen) atoms. The molecule has 3 aromatic heterocycles.